The molecule has 0 saturated heterocycles. The fraction of sp³-hybridized carbons (Fsp3) is 0.821. The highest BCUT2D eigenvalue weighted by Crippen LogP contribution is 2.24. The SMILES string of the molecule is CC(=O)N(CCC(=O)O)CC(=O)N(CCC(C)C)CC(=O)NC1CCC(NC(=O)NC2CCCCC2C)CC1. The Labute approximate surface area is 232 Å². The third-order valence-electron chi connectivity index (χ3n) is 7.89. The Morgan fingerprint density at radius 3 is 2.00 bits per heavy atom. The smallest absolute Gasteiger partial charge is 0.315 e. The maximum atomic E-state index is 13.0. The quantitative estimate of drug-likeness (QED) is 0.276. The normalized spacial score (nSPS) is 23.0. The molecular formula is C28H49N5O6. The van der Waals surface area contributed by atoms with Crippen LogP contribution in [0.25, 0.3) is 0 Å². The van der Waals surface area contributed by atoms with Gasteiger partial charge in [0, 0.05) is 38.1 Å². The van der Waals surface area contributed by atoms with Crippen LogP contribution < -0.4 is 16.0 Å². The summed E-state index contributed by atoms with van der Waals surface area (Å²) in [5, 5.41) is 18.2. The van der Waals surface area contributed by atoms with Crippen molar-refractivity contribution in [3.05, 3.63) is 0 Å². The molecule has 2 aliphatic rings. The van der Waals surface area contributed by atoms with Gasteiger partial charge >= 0.3 is 12.0 Å². The van der Waals surface area contributed by atoms with Crippen molar-refractivity contribution in [2.45, 2.75) is 110 Å². The predicted octanol–water partition coefficient (Wildman–Crippen LogP) is 2.49. The summed E-state index contributed by atoms with van der Waals surface area (Å²) in [5.74, 6) is -1.25. The standard InChI is InChI=1S/C28H49N5O6/c1-19(2)13-15-33(26(36)18-32(21(4)34)16-14-27(37)38)17-25(35)29-22-9-11-23(12-10-22)30-28(39)31-24-8-6-5-7-20(24)3/h19-20,22-24H,5-18H2,1-4H3,(H,29,35)(H,37,38)(H2,30,31,39). The van der Waals surface area contributed by atoms with Gasteiger partial charge in [0.1, 0.15) is 0 Å². The van der Waals surface area contributed by atoms with E-state index < -0.39 is 5.97 Å². The second kappa shape index (κ2) is 16.3. The van der Waals surface area contributed by atoms with Crippen LogP contribution in [-0.2, 0) is 19.2 Å². The minimum absolute atomic E-state index is 0.0247. The summed E-state index contributed by atoms with van der Waals surface area (Å²) in [7, 11) is 0. The fourth-order valence-electron chi connectivity index (χ4n) is 5.30. The summed E-state index contributed by atoms with van der Waals surface area (Å²) in [4.78, 5) is 63.9. The second-order valence-corrected chi connectivity index (χ2v) is 11.7. The van der Waals surface area contributed by atoms with Crippen molar-refractivity contribution in [2.75, 3.05) is 26.2 Å². The molecule has 222 valence electrons. The Kier molecular flexibility index (Phi) is 13.5. The van der Waals surface area contributed by atoms with Crippen LogP contribution in [0.15, 0.2) is 0 Å². The van der Waals surface area contributed by atoms with Crippen molar-refractivity contribution in [3.8, 4) is 0 Å². The first-order valence-electron chi connectivity index (χ1n) is 14.6. The van der Waals surface area contributed by atoms with Gasteiger partial charge < -0.3 is 30.9 Å². The number of rotatable bonds is 13. The summed E-state index contributed by atoms with van der Waals surface area (Å²) < 4.78 is 0. The van der Waals surface area contributed by atoms with Crippen LogP contribution in [0.2, 0.25) is 0 Å². The van der Waals surface area contributed by atoms with Crippen LogP contribution in [0.4, 0.5) is 4.79 Å². The number of nitrogens with one attached hydrogen (secondary N) is 3. The van der Waals surface area contributed by atoms with Gasteiger partial charge in [0.25, 0.3) is 0 Å². The molecule has 0 spiro atoms. The fourth-order valence-corrected chi connectivity index (χ4v) is 5.30. The molecule has 0 aromatic rings. The first-order valence-corrected chi connectivity index (χ1v) is 14.6. The monoisotopic (exact) mass is 551 g/mol. The number of aliphatic carboxylic acids is 1. The lowest BCUT2D eigenvalue weighted by molar-refractivity contribution is -0.143. The van der Waals surface area contributed by atoms with E-state index in [0.717, 1.165) is 44.9 Å². The van der Waals surface area contributed by atoms with Crippen LogP contribution in [0.3, 0.4) is 0 Å². The van der Waals surface area contributed by atoms with E-state index in [1.165, 1.54) is 23.1 Å². The number of amides is 5. The van der Waals surface area contributed by atoms with Crippen LogP contribution >= 0.6 is 0 Å². The summed E-state index contributed by atoms with van der Waals surface area (Å²) in [6.45, 7) is 7.48. The van der Waals surface area contributed by atoms with Crippen molar-refractivity contribution < 1.29 is 29.1 Å². The molecule has 0 aliphatic heterocycles. The van der Waals surface area contributed by atoms with Gasteiger partial charge in [-0.15, -0.1) is 0 Å². The maximum Gasteiger partial charge on any atom is 0.315 e. The number of carboxylic acid groups (broad SMARTS) is 1. The molecule has 0 aromatic carbocycles. The summed E-state index contributed by atoms with van der Waals surface area (Å²) >= 11 is 0. The molecular weight excluding hydrogens is 502 g/mol. The van der Waals surface area contributed by atoms with E-state index >= 15 is 0 Å². The van der Waals surface area contributed by atoms with Crippen LogP contribution in [-0.4, -0.2) is 88.9 Å². The largest absolute Gasteiger partial charge is 0.481 e. The molecule has 11 heteroatoms. The molecule has 0 bridgehead atoms. The molecule has 39 heavy (non-hydrogen) atoms. The minimum atomic E-state index is -1.05. The molecule has 2 atom stereocenters. The number of carbonyl (C=O) groups is 5. The van der Waals surface area contributed by atoms with Gasteiger partial charge in [0.2, 0.25) is 17.7 Å². The molecule has 2 aliphatic carbocycles. The van der Waals surface area contributed by atoms with Gasteiger partial charge in [-0.2, -0.15) is 0 Å². The molecule has 0 heterocycles. The predicted molar refractivity (Wildman–Crippen MR) is 148 cm³/mol. The van der Waals surface area contributed by atoms with Gasteiger partial charge in [-0.3, -0.25) is 19.2 Å². The number of hydrogen-bond donors (Lipinski definition) is 4. The first-order chi connectivity index (χ1) is 18.4. The molecule has 2 unspecified atom stereocenters. The average Bonchev–Trinajstić information content (AvgIpc) is 2.86. The van der Waals surface area contributed by atoms with E-state index in [9.17, 15) is 24.0 Å². The van der Waals surface area contributed by atoms with E-state index in [-0.39, 0.29) is 67.9 Å². The van der Waals surface area contributed by atoms with E-state index in [1.54, 1.807) is 0 Å². The lowest BCUT2D eigenvalue weighted by atomic mass is 9.86. The Morgan fingerprint density at radius 1 is 0.821 bits per heavy atom. The van der Waals surface area contributed by atoms with E-state index in [1.807, 2.05) is 13.8 Å². The Hall–Kier alpha value is -2.85. The molecule has 2 saturated carbocycles. The van der Waals surface area contributed by atoms with Crippen LogP contribution in [0, 0.1) is 11.8 Å². The molecule has 11 nitrogen and oxygen atoms in total. The third kappa shape index (κ3) is 12.3. The van der Waals surface area contributed by atoms with Crippen molar-refractivity contribution in [3.63, 3.8) is 0 Å². The number of carboxylic acids is 1. The van der Waals surface area contributed by atoms with Crippen LogP contribution in [0.1, 0.15) is 91.9 Å². The van der Waals surface area contributed by atoms with Gasteiger partial charge in [-0.1, -0.05) is 33.6 Å². The van der Waals surface area contributed by atoms with Gasteiger partial charge in [-0.05, 0) is 56.8 Å². The molecule has 0 aromatic heterocycles. The summed E-state index contributed by atoms with van der Waals surface area (Å²) in [6.07, 6.45) is 8.02. The number of nitrogens with zero attached hydrogens (tertiary/aromatic N) is 2. The van der Waals surface area contributed by atoms with Crippen molar-refractivity contribution in [2.24, 2.45) is 11.8 Å². The molecule has 0 radical (unpaired) electrons. The van der Waals surface area contributed by atoms with Gasteiger partial charge in [0.05, 0.1) is 19.5 Å². The van der Waals surface area contributed by atoms with Crippen molar-refractivity contribution in [1.29, 1.82) is 0 Å². The first kappa shape index (κ1) is 32.4. The summed E-state index contributed by atoms with van der Waals surface area (Å²) in [5.41, 5.74) is 0. The molecule has 2 rings (SSSR count). The third-order valence-corrected chi connectivity index (χ3v) is 7.89. The van der Waals surface area contributed by atoms with E-state index in [4.69, 9.17) is 5.11 Å². The van der Waals surface area contributed by atoms with Crippen molar-refractivity contribution in [1.82, 2.24) is 25.8 Å². The molecule has 2 fully saturated rings. The number of hydrogen-bond acceptors (Lipinski definition) is 5. The highest BCUT2D eigenvalue weighted by atomic mass is 16.4. The number of urea groups is 1. The zero-order valence-electron chi connectivity index (χ0n) is 24.2. The lowest BCUT2D eigenvalue weighted by Crippen LogP contribution is -2.52. The lowest BCUT2D eigenvalue weighted by Gasteiger charge is -2.33. The topological polar surface area (TPSA) is 148 Å². The summed E-state index contributed by atoms with van der Waals surface area (Å²) in [6, 6.07) is 0.173. The van der Waals surface area contributed by atoms with Gasteiger partial charge in [-0.25, -0.2) is 4.79 Å². The van der Waals surface area contributed by atoms with Crippen molar-refractivity contribution >= 4 is 29.7 Å². The zero-order valence-corrected chi connectivity index (χ0v) is 24.2. The number of carbonyl (C=O) groups excluding carboxylic acids is 4. The van der Waals surface area contributed by atoms with Crippen LogP contribution in [0.5, 0.6) is 0 Å². The Bertz CT molecular complexity index is 842. The Morgan fingerprint density at radius 2 is 1.44 bits per heavy atom. The maximum absolute atomic E-state index is 13.0. The van der Waals surface area contributed by atoms with E-state index in [2.05, 4.69) is 22.9 Å². The highest BCUT2D eigenvalue weighted by molar-refractivity contribution is 5.88. The molecule has 5 amide bonds. The minimum Gasteiger partial charge on any atom is -0.481 e. The average molecular weight is 552 g/mol. The van der Waals surface area contributed by atoms with E-state index in [0.29, 0.717) is 24.8 Å². The zero-order chi connectivity index (χ0) is 28.9. The highest BCUT2D eigenvalue weighted by Gasteiger charge is 2.28. The second-order valence-electron chi connectivity index (χ2n) is 11.7. The Balaban J connectivity index is 1.82. The van der Waals surface area contributed by atoms with Gasteiger partial charge in [0.15, 0.2) is 0 Å². The molecule has 4 N–H and O–H groups in total.